The molecule has 0 spiro atoms. The number of rotatable bonds is 10. The second-order valence-electron chi connectivity index (χ2n) is 10.2. The number of ether oxygens (including phenoxy) is 4. The van der Waals surface area contributed by atoms with Gasteiger partial charge in [-0.3, -0.25) is 9.59 Å². The van der Waals surface area contributed by atoms with Gasteiger partial charge in [-0.15, -0.1) is 0 Å². The van der Waals surface area contributed by atoms with Crippen molar-refractivity contribution < 1.29 is 63.2 Å². The summed E-state index contributed by atoms with van der Waals surface area (Å²) in [7, 11) is 1.19. The van der Waals surface area contributed by atoms with Gasteiger partial charge in [0, 0.05) is 31.4 Å². The van der Waals surface area contributed by atoms with Gasteiger partial charge in [0.05, 0.1) is 20.3 Å². The van der Waals surface area contributed by atoms with E-state index in [0.717, 1.165) is 0 Å². The molecule has 16 heteroatoms. The number of amides is 2. The smallest absolute Gasteiger partial charge is 0.336 e. The normalized spacial score (nSPS) is 32.7. The molecule has 2 aromatic rings. The van der Waals surface area contributed by atoms with Crippen molar-refractivity contribution in [3.8, 4) is 5.75 Å². The Kier molecular flexibility index (Phi) is 10.7. The molecule has 0 bridgehead atoms. The number of benzene rings is 1. The molecule has 2 aliphatic heterocycles. The van der Waals surface area contributed by atoms with E-state index in [1.165, 1.54) is 33.1 Å². The zero-order chi connectivity index (χ0) is 31.4. The Balaban J connectivity index is 1.61. The van der Waals surface area contributed by atoms with Crippen molar-refractivity contribution in [3.63, 3.8) is 0 Å². The molecule has 2 saturated heterocycles. The molecular formula is C27H36N2O14. The van der Waals surface area contributed by atoms with Gasteiger partial charge in [-0.25, -0.2) is 14.6 Å². The van der Waals surface area contributed by atoms with E-state index in [9.17, 15) is 34.8 Å². The summed E-state index contributed by atoms with van der Waals surface area (Å²) in [5.74, 6) is -0.947. The molecule has 1 aromatic carbocycles. The molecule has 2 fully saturated rings. The van der Waals surface area contributed by atoms with Gasteiger partial charge in [0.2, 0.25) is 18.1 Å². The molecule has 1 aromatic heterocycles. The Labute approximate surface area is 245 Å². The minimum absolute atomic E-state index is 0.171. The third-order valence-electron chi connectivity index (χ3n) is 7.12. The van der Waals surface area contributed by atoms with Gasteiger partial charge < -0.3 is 54.4 Å². The first-order chi connectivity index (χ1) is 20.5. The van der Waals surface area contributed by atoms with Crippen LogP contribution in [0.1, 0.15) is 19.4 Å². The van der Waals surface area contributed by atoms with Crippen molar-refractivity contribution in [2.75, 3.05) is 20.3 Å². The summed E-state index contributed by atoms with van der Waals surface area (Å²) in [6.07, 6.45) is -11.1. The van der Waals surface area contributed by atoms with Crippen LogP contribution in [0.25, 0.3) is 11.0 Å². The highest BCUT2D eigenvalue weighted by Gasteiger charge is 2.53. The molecule has 0 radical (unpaired) electrons. The van der Waals surface area contributed by atoms with Crippen LogP contribution in [0.5, 0.6) is 5.75 Å². The number of carbonyl (C=O) groups is 2. The Morgan fingerprint density at radius 3 is 2.09 bits per heavy atom. The molecule has 3 heterocycles. The number of hydrogen-bond acceptors (Lipinski definition) is 14. The fourth-order valence-corrected chi connectivity index (χ4v) is 5.19. The minimum atomic E-state index is -1.60. The van der Waals surface area contributed by atoms with Gasteiger partial charge in [0.1, 0.15) is 60.0 Å². The highest BCUT2D eigenvalue weighted by Crippen LogP contribution is 2.32. The maximum atomic E-state index is 12.1. The fraction of sp³-hybridized carbons (Fsp3) is 0.593. The van der Waals surface area contributed by atoms with E-state index in [1.54, 1.807) is 19.1 Å². The number of carbonyl (C=O) groups excluding carboxylic acids is 2. The number of aryl methyl sites for hydroxylation is 1. The van der Waals surface area contributed by atoms with Gasteiger partial charge >= 0.3 is 5.63 Å². The standard InChI is InChI=1S/C27H36N2O14/c1-11-7-19(34)39-16-8-14(5-6-15(11)16)38-26-20(28-12(2)32)22(35)24(17(9-30)40-26)42-27-21(29-13(3)33)23(36)25(43-37-4)18(10-31)41-27/h5-8,17-18,20-27,30-31,35-36H,9-10H2,1-4H3,(H,28,32)(H,29,33)/t17-,18-,20-,21-,22-,23-,24-,25-,26-,27+/m1/s1. The summed E-state index contributed by atoms with van der Waals surface area (Å²) in [5, 5.41) is 48.1. The van der Waals surface area contributed by atoms with Crippen LogP contribution in [-0.4, -0.2) is 114 Å². The molecule has 2 amide bonds. The predicted molar refractivity (Wildman–Crippen MR) is 143 cm³/mol. The van der Waals surface area contributed by atoms with Crippen LogP contribution in [-0.2, 0) is 33.6 Å². The first-order valence-electron chi connectivity index (χ1n) is 13.5. The minimum Gasteiger partial charge on any atom is -0.462 e. The lowest BCUT2D eigenvalue weighted by Crippen LogP contribution is -2.69. The Morgan fingerprint density at radius 2 is 1.49 bits per heavy atom. The fourth-order valence-electron chi connectivity index (χ4n) is 5.19. The van der Waals surface area contributed by atoms with Crippen LogP contribution in [0.3, 0.4) is 0 Å². The lowest BCUT2D eigenvalue weighted by molar-refractivity contribution is -0.384. The molecule has 2 aliphatic rings. The Bertz CT molecular complexity index is 1340. The van der Waals surface area contributed by atoms with Crippen LogP contribution in [0, 0.1) is 6.92 Å². The van der Waals surface area contributed by atoms with E-state index in [2.05, 4.69) is 15.5 Å². The first-order valence-corrected chi connectivity index (χ1v) is 13.5. The molecule has 10 atom stereocenters. The summed E-state index contributed by atoms with van der Waals surface area (Å²) < 4.78 is 28.9. The summed E-state index contributed by atoms with van der Waals surface area (Å²) in [4.78, 5) is 45.6. The molecule has 0 aliphatic carbocycles. The third kappa shape index (κ3) is 7.31. The summed E-state index contributed by atoms with van der Waals surface area (Å²) >= 11 is 0. The van der Waals surface area contributed by atoms with Gasteiger partial charge in [-0.1, -0.05) is 0 Å². The topological polar surface area (TPSA) is 225 Å². The summed E-state index contributed by atoms with van der Waals surface area (Å²) in [5.41, 5.74) is 0.370. The zero-order valence-corrected chi connectivity index (χ0v) is 23.9. The van der Waals surface area contributed by atoms with Gasteiger partial charge in [-0.2, -0.15) is 0 Å². The van der Waals surface area contributed by atoms with Crippen LogP contribution >= 0.6 is 0 Å². The summed E-state index contributed by atoms with van der Waals surface area (Å²) in [6, 6.07) is 3.49. The molecule has 238 valence electrons. The maximum Gasteiger partial charge on any atom is 0.336 e. The highest BCUT2D eigenvalue weighted by molar-refractivity contribution is 5.81. The number of hydrogen-bond donors (Lipinski definition) is 6. The average Bonchev–Trinajstić information content (AvgIpc) is 2.94. The lowest BCUT2D eigenvalue weighted by Gasteiger charge is -2.48. The maximum absolute atomic E-state index is 12.1. The van der Waals surface area contributed by atoms with Crippen molar-refractivity contribution in [2.24, 2.45) is 0 Å². The van der Waals surface area contributed by atoms with Gasteiger partial charge in [0.25, 0.3) is 0 Å². The molecule has 0 saturated carbocycles. The van der Waals surface area contributed by atoms with Crippen LogP contribution in [0.4, 0.5) is 0 Å². The number of aliphatic hydroxyl groups is 4. The lowest BCUT2D eigenvalue weighted by atomic mass is 9.94. The zero-order valence-electron chi connectivity index (χ0n) is 23.9. The van der Waals surface area contributed by atoms with Crippen molar-refractivity contribution in [2.45, 2.75) is 82.1 Å². The monoisotopic (exact) mass is 612 g/mol. The Morgan fingerprint density at radius 1 is 0.907 bits per heavy atom. The number of aliphatic hydroxyl groups excluding tert-OH is 4. The molecule has 43 heavy (non-hydrogen) atoms. The van der Waals surface area contributed by atoms with Gasteiger partial charge in [-0.05, 0) is 24.6 Å². The Hall–Kier alpha value is -3.19. The quantitative estimate of drug-likeness (QED) is 0.0968. The third-order valence-corrected chi connectivity index (χ3v) is 7.12. The van der Waals surface area contributed by atoms with E-state index in [1.807, 2.05) is 0 Å². The molecule has 4 rings (SSSR count). The van der Waals surface area contributed by atoms with Crippen molar-refractivity contribution >= 4 is 22.8 Å². The SMILES string of the molecule is COO[C@H]1[C@H](O)[C@@H](NC(C)=O)[C@H](O[C@H]2[C@H](O)[C@@H](NC(C)=O)[C@H](Oc3ccc4c(C)cc(=O)oc4c3)O[C@@H]2CO)O[C@@H]1CO. The number of fused-ring (bicyclic) bond motifs is 1. The van der Waals surface area contributed by atoms with Crippen molar-refractivity contribution in [1.82, 2.24) is 10.6 Å². The average molecular weight is 613 g/mol. The second kappa shape index (κ2) is 14.1. The molecule has 16 nitrogen and oxygen atoms in total. The van der Waals surface area contributed by atoms with E-state index in [0.29, 0.717) is 10.9 Å². The van der Waals surface area contributed by atoms with Crippen LogP contribution in [0.2, 0.25) is 0 Å². The second-order valence-corrected chi connectivity index (χ2v) is 10.2. The molecule has 6 N–H and O–H groups in total. The van der Waals surface area contributed by atoms with E-state index in [-0.39, 0.29) is 11.3 Å². The van der Waals surface area contributed by atoms with Crippen LogP contribution < -0.4 is 21.0 Å². The molecular weight excluding hydrogens is 576 g/mol. The van der Waals surface area contributed by atoms with Crippen molar-refractivity contribution in [3.05, 3.63) is 40.2 Å². The molecule has 0 unspecified atom stereocenters. The van der Waals surface area contributed by atoms with E-state index in [4.69, 9.17) is 28.3 Å². The van der Waals surface area contributed by atoms with E-state index < -0.39 is 91.9 Å². The largest absolute Gasteiger partial charge is 0.462 e. The first kappa shape index (κ1) is 32.7. The summed E-state index contributed by atoms with van der Waals surface area (Å²) in [6.45, 7) is 2.82. The van der Waals surface area contributed by atoms with E-state index >= 15 is 0 Å². The number of nitrogens with one attached hydrogen (secondary N) is 2. The predicted octanol–water partition coefficient (Wildman–Crippen LogP) is -2.02. The van der Waals surface area contributed by atoms with Crippen molar-refractivity contribution in [1.29, 1.82) is 0 Å². The highest BCUT2D eigenvalue weighted by atomic mass is 17.2. The van der Waals surface area contributed by atoms with Crippen LogP contribution in [0.15, 0.2) is 33.5 Å². The van der Waals surface area contributed by atoms with Gasteiger partial charge in [0.15, 0.2) is 6.29 Å².